The van der Waals surface area contributed by atoms with Crippen LogP contribution in [0.4, 0.5) is 5.82 Å². The van der Waals surface area contributed by atoms with Gasteiger partial charge in [-0.25, -0.2) is 4.98 Å². The van der Waals surface area contributed by atoms with Crippen LogP contribution in [0.15, 0.2) is 12.1 Å². The third-order valence-corrected chi connectivity index (χ3v) is 4.92. The summed E-state index contributed by atoms with van der Waals surface area (Å²) in [6.07, 6.45) is 4.16. The van der Waals surface area contributed by atoms with E-state index in [1.807, 2.05) is 0 Å². The molecule has 3 heteroatoms. The van der Waals surface area contributed by atoms with Crippen molar-refractivity contribution in [1.29, 1.82) is 0 Å². The molecule has 0 radical (unpaired) electrons. The van der Waals surface area contributed by atoms with Crippen LogP contribution < -0.4 is 10.2 Å². The van der Waals surface area contributed by atoms with Gasteiger partial charge >= 0.3 is 0 Å². The number of hydrogen-bond donors (Lipinski definition) is 1. The molecule has 1 aliphatic heterocycles. The molecule has 0 spiro atoms. The molecule has 0 aromatic carbocycles. The lowest BCUT2D eigenvalue weighted by atomic mass is 9.90. The normalized spacial score (nSPS) is 24.9. The van der Waals surface area contributed by atoms with Crippen molar-refractivity contribution in [1.82, 2.24) is 10.3 Å². The predicted molar refractivity (Wildman–Crippen MR) is 88.8 cm³/mol. The van der Waals surface area contributed by atoms with Crippen LogP contribution in [0.3, 0.4) is 0 Å². The van der Waals surface area contributed by atoms with E-state index in [0.29, 0.717) is 0 Å². The molecule has 116 valence electrons. The molecule has 1 saturated carbocycles. The quantitative estimate of drug-likeness (QED) is 0.919. The van der Waals surface area contributed by atoms with Gasteiger partial charge in [0.2, 0.25) is 0 Å². The van der Waals surface area contributed by atoms with Crippen molar-refractivity contribution in [3.05, 3.63) is 23.4 Å². The second kappa shape index (κ2) is 5.60. The smallest absolute Gasteiger partial charge is 0.129 e. The number of fused-ring (bicyclic) bond motifs is 2. The molecular formula is C18H29N3. The maximum absolute atomic E-state index is 5.01. The fourth-order valence-electron chi connectivity index (χ4n) is 3.68. The Bertz CT molecular complexity index is 504. The molecule has 1 saturated heterocycles. The molecule has 1 N–H and O–H groups in total. The number of nitrogens with zero attached hydrogens (tertiary/aromatic N) is 2. The number of piperidine rings is 1. The first-order chi connectivity index (χ1) is 9.97. The van der Waals surface area contributed by atoms with Gasteiger partial charge in [0.05, 0.1) is 0 Å². The summed E-state index contributed by atoms with van der Waals surface area (Å²) in [5.41, 5.74) is 2.70. The van der Waals surface area contributed by atoms with Gasteiger partial charge in [-0.1, -0.05) is 27.7 Å². The van der Waals surface area contributed by atoms with Crippen LogP contribution >= 0.6 is 0 Å². The molecule has 2 unspecified atom stereocenters. The highest BCUT2D eigenvalue weighted by molar-refractivity contribution is 5.47. The summed E-state index contributed by atoms with van der Waals surface area (Å²) in [7, 11) is 0. The van der Waals surface area contributed by atoms with Crippen molar-refractivity contribution in [2.24, 2.45) is 5.92 Å². The van der Waals surface area contributed by atoms with Crippen LogP contribution in [0.5, 0.6) is 0 Å². The number of rotatable bonds is 4. The molecule has 1 aliphatic carbocycles. The van der Waals surface area contributed by atoms with Crippen LogP contribution in [0.1, 0.15) is 58.2 Å². The zero-order valence-corrected chi connectivity index (χ0v) is 13.9. The maximum atomic E-state index is 5.01. The molecule has 1 aromatic heterocycles. The van der Waals surface area contributed by atoms with E-state index < -0.39 is 0 Å². The van der Waals surface area contributed by atoms with Crippen molar-refractivity contribution in [2.45, 2.75) is 65.0 Å². The van der Waals surface area contributed by atoms with Gasteiger partial charge in [0, 0.05) is 30.2 Å². The molecule has 2 fully saturated rings. The minimum absolute atomic E-state index is 0.107. The minimum atomic E-state index is 0.107. The molecule has 2 bridgehead atoms. The second-order valence-electron chi connectivity index (χ2n) is 7.73. The van der Waals surface area contributed by atoms with E-state index in [-0.39, 0.29) is 5.41 Å². The van der Waals surface area contributed by atoms with Gasteiger partial charge in [-0.2, -0.15) is 0 Å². The van der Waals surface area contributed by atoms with Gasteiger partial charge in [-0.3, -0.25) is 0 Å². The van der Waals surface area contributed by atoms with E-state index in [2.05, 4.69) is 50.0 Å². The number of hydrogen-bond acceptors (Lipinski definition) is 3. The largest absolute Gasteiger partial charge is 0.353 e. The minimum Gasteiger partial charge on any atom is -0.353 e. The van der Waals surface area contributed by atoms with Gasteiger partial charge in [0.15, 0.2) is 0 Å². The Morgan fingerprint density at radius 1 is 1.29 bits per heavy atom. The zero-order chi connectivity index (χ0) is 15.0. The number of pyridine rings is 1. The third-order valence-electron chi connectivity index (χ3n) is 4.92. The summed E-state index contributed by atoms with van der Waals surface area (Å²) >= 11 is 0. The summed E-state index contributed by atoms with van der Waals surface area (Å²) < 4.78 is 0. The van der Waals surface area contributed by atoms with Crippen LogP contribution in [0.25, 0.3) is 0 Å². The molecule has 2 atom stereocenters. The SMILES string of the molecule is CCNCc1cc(N2CC3CCC2C3)nc(C(C)(C)C)c1. The molecule has 3 rings (SSSR count). The Labute approximate surface area is 129 Å². The highest BCUT2D eigenvalue weighted by Gasteiger charge is 2.38. The molecule has 3 nitrogen and oxygen atoms in total. The Morgan fingerprint density at radius 2 is 2.10 bits per heavy atom. The highest BCUT2D eigenvalue weighted by Crippen LogP contribution is 2.40. The summed E-state index contributed by atoms with van der Waals surface area (Å²) in [6, 6.07) is 5.32. The zero-order valence-electron chi connectivity index (χ0n) is 13.9. The third kappa shape index (κ3) is 3.08. The fraction of sp³-hybridized carbons (Fsp3) is 0.722. The molecule has 1 aromatic rings. The number of nitrogens with one attached hydrogen (secondary N) is 1. The van der Waals surface area contributed by atoms with Crippen molar-refractivity contribution < 1.29 is 0 Å². The van der Waals surface area contributed by atoms with Gasteiger partial charge in [0.25, 0.3) is 0 Å². The highest BCUT2D eigenvalue weighted by atomic mass is 15.2. The lowest BCUT2D eigenvalue weighted by Crippen LogP contribution is -2.33. The fourth-order valence-corrected chi connectivity index (χ4v) is 3.68. The van der Waals surface area contributed by atoms with E-state index >= 15 is 0 Å². The van der Waals surface area contributed by atoms with Crippen LogP contribution in [0, 0.1) is 5.92 Å². The van der Waals surface area contributed by atoms with Crippen LogP contribution in [-0.4, -0.2) is 24.1 Å². The molecule has 2 aliphatic rings. The van der Waals surface area contributed by atoms with E-state index in [9.17, 15) is 0 Å². The average Bonchev–Trinajstić information content (AvgIpc) is 3.06. The summed E-state index contributed by atoms with van der Waals surface area (Å²) in [5, 5.41) is 3.45. The first-order valence-corrected chi connectivity index (χ1v) is 8.46. The van der Waals surface area contributed by atoms with Crippen LogP contribution in [0.2, 0.25) is 0 Å². The lowest BCUT2D eigenvalue weighted by Gasteiger charge is -2.30. The molecular weight excluding hydrogens is 258 g/mol. The molecule has 2 heterocycles. The van der Waals surface area contributed by atoms with E-state index in [1.54, 1.807) is 0 Å². The number of anilines is 1. The number of aromatic nitrogens is 1. The van der Waals surface area contributed by atoms with Crippen LogP contribution in [-0.2, 0) is 12.0 Å². The average molecular weight is 287 g/mol. The van der Waals surface area contributed by atoms with E-state index in [4.69, 9.17) is 4.98 Å². The summed E-state index contributed by atoms with van der Waals surface area (Å²) in [4.78, 5) is 7.58. The Balaban J connectivity index is 1.91. The Morgan fingerprint density at radius 3 is 2.67 bits per heavy atom. The van der Waals surface area contributed by atoms with Crippen molar-refractivity contribution in [2.75, 3.05) is 18.0 Å². The Kier molecular flexibility index (Phi) is 3.96. The first-order valence-electron chi connectivity index (χ1n) is 8.46. The van der Waals surface area contributed by atoms with E-state index in [0.717, 1.165) is 25.0 Å². The maximum Gasteiger partial charge on any atom is 0.129 e. The van der Waals surface area contributed by atoms with Gasteiger partial charge in [0.1, 0.15) is 5.82 Å². The summed E-state index contributed by atoms with van der Waals surface area (Å²) in [6.45, 7) is 12.1. The predicted octanol–water partition coefficient (Wildman–Crippen LogP) is 3.48. The molecule has 0 amide bonds. The van der Waals surface area contributed by atoms with Gasteiger partial charge in [-0.15, -0.1) is 0 Å². The Hall–Kier alpha value is -1.09. The first kappa shape index (κ1) is 14.8. The summed E-state index contributed by atoms with van der Waals surface area (Å²) in [5.74, 6) is 2.12. The van der Waals surface area contributed by atoms with Crippen molar-refractivity contribution >= 4 is 5.82 Å². The molecule has 21 heavy (non-hydrogen) atoms. The topological polar surface area (TPSA) is 28.2 Å². The van der Waals surface area contributed by atoms with Gasteiger partial charge < -0.3 is 10.2 Å². The standard InChI is InChI=1S/C18H29N3/c1-5-19-11-14-9-16(18(2,3)4)20-17(10-14)21-12-13-6-7-15(21)8-13/h9-10,13,15,19H,5-8,11-12H2,1-4H3. The second-order valence-corrected chi connectivity index (χ2v) is 7.73. The monoisotopic (exact) mass is 287 g/mol. The lowest BCUT2D eigenvalue weighted by molar-refractivity contribution is 0.540. The van der Waals surface area contributed by atoms with Gasteiger partial charge in [-0.05, 0) is 49.4 Å². The van der Waals surface area contributed by atoms with Crippen molar-refractivity contribution in [3.8, 4) is 0 Å². The van der Waals surface area contributed by atoms with E-state index in [1.165, 1.54) is 42.9 Å². The van der Waals surface area contributed by atoms with Crippen molar-refractivity contribution in [3.63, 3.8) is 0 Å².